The monoisotopic (exact) mass is 333 g/mol. The minimum absolute atomic E-state index is 0.363. The molecule has 5 nitrogen and oxygen atoms in total. The predicted octanol–water partition coefficient (Wildman–Crippen LogP) is 2.63. The van der Waals surface area contributed by atoms with Crippen molar-refractivity contribution in [1.29, 1.82) is 0 Å². The van der Waals surface area contributed by atoms with Crippen molar-refractivity contribution in [2.24, 2.45) is 0 Å². The molecule has 1 aliphatic heterocycles. The van der Waals surface area contributed by atoms with Gasteiger partial charge < -0.3 is 10.2 Å². The Labute approximate surface area is 126 Å². The van der Waals surface area contributed by atoms with E-state index in [9.17, 15) is 0 Å². The number of pyridine rings is 1. The topological polar surface area (TPSA) is 53.9 Å². The van der Waals surface area contributed by atoms with Crippen LogP contribution >= 0.6 is 15.9 Å². The fraction of sp³-hybridized carbons (Fsp3) is 0.357. The van der Waals surface area contributed by atoms with E-state index in [1.807, 2.05) is 12.3 Å². The highest BCUT2D eigenvalue weighted by Gasteiger charge is 2.24. The molecule has 20 heavy (non-hydrogen) atoms. The Morgan fingerprint density at radius 1 is 1.30 bits per heavy atom. The first-order valence-electron chi connectivity index (χ1n) is 6.63. The lowest BCUT2D eigenvalue weighted by Gasteiger charge is -2.20. The molecule has 1 aliphatic rings. The molecule has 2 aromatic heterocycles. The average Bonchev–Trinajstić information content (AvgIpc) is 2.88. The molecular formula is C14H16BrN5. The van der Waals surface area contributed by atoms with Gasteiger partial charge >= 0.3 is 0 Å². The molecule has 104 valence electrons. The minimum atomic E-state index is 0.363. The number of rotatable bonds is 3. The van der Waals surface area contributed by atoms with Crippen molar-refractivity contribution in [3.63, 3.8) is 0 Å². The van der Waals surface area contributed by atoms with Gasteiger partial charge in [0.1, 0.15) is 5.82 Å². The van der Waals surface area contributed by atoms with E-state index >= 15 is 0 Å². The van der Waals surface area contributed by atoms with Crippen molar-refractivity contribution in [1.82, 2.24) is 15.0 Å². The SMILES string of the molecule is Cc1cc(Br)cnc1N1CCC(Nc2ncccn2)C1. The molecule has 0 aliphatic carbocycles. The van der Waals surface area contributed by atoms with Gasteiger partial charge in [0, 0.05) is 42.2 Å². The van der Waals surface area contributed by atoms with Crippen molar-refractivity contribution < 1.29 is 0 Å². The zero-order valence-electron chi connectivity index (χ0n) is 11.3. The van der Waals surface area contributed by atoms with Crippen LogP contribution in [-0.4, -0.2) is 34.1 Å². The van der Waals surface area contributed by atoms with Crippen molar-refractivity contribution in [3.05, 3.63) is 40.8 Å². The van der Waals surface area contributed by atoms with Gasteiger partial charge in [-0.2, -0.15) is 0 Å². The zero-order chi connectivity index (χ0) is 13.9. The van der Waals surface area contributed by atoms with E-state index < -0.39 is 0 Å². The first-order valence-corrected chi connectivity index (χ1v) is 7.42. The third-order valence-electron chi connectivity index (χ3n) is 3.40. The second kappa shape index (κ2) is 5.75. The summed E-state index contributed by atoms with van der Waals surface area (Å²) in [4.78, 5) is 15.2. The highest BCUT2D eigenvalue weighted by Crippen LogP contribution is 2.24. The van der Waals surface area contributed by atoms with E-state index in [1.165, 1.54) is 5.56 Å². The summed E-state index contributed by atoms with van der Waals surface area (Å²) in [6.45, 7) is 4.02. The molecular weight excluding hydrogens is 318 g/mol. The number of aromatic nitrogens is 3. The second-order valence-electron chi connectivity index (χ2n) is 4.94. The molecule has 0 saturated carbocycles. The van der Waals surface area contributed by atoms with Crippen molar-refractivity contribution in [2.75, 3.05) is 23.3 Å². The lowest BCUT2D eigenvalue weighted by molar-refractivity contribution is 0.791. The van der Waals surface area contributed by atoms with Crippen LogP contribution in [0.15, 0.2) is 35.2 Å². The maximum absolute atomic E-state index is 4.52. The summed E-state index contributed by atoms with van der Waals surface area (Å²) in [5.74, 6) is 1.76. The van der Waals surface area contributed by atoms with Crippen molar-refractivity contribution in [2.45, 2.75) is 19.4 Å². The molecule has 0 radical (unpaired) electrons. The van der Waals surface area contributed by atoms with E-state index in [4.69, 9.17) is 0 Å². The maximum Gasteiger partial charge on any atom is 0.222 e. The number of hydrogen-bond acceptors (Lipinski definition) is 5. The summed E-state index contributed by atoms with van der Waals surface area (Å²) in [7, 11) is 0. The highest BCUT2D eigenvalue weighted by atomic mass is 79.9. The molecule has 0 bridgehead atoms. The van der Waals surface area contributed by atoms with Crippen LogP contribution in [0.4, 0.5) is 11.8 Å². The lowest BCUT2D eigenvalue weighted by atomic mass is 10.2. The van der Waals surface area contributed by atoms with Gasteiger partial charge in [0.25, 0.3) is 0 Å². The van der Waals surface area contributed by atoms with E-state index in [2.05, 4.69) is 54.1 Å². The Morgan fingerprint density at radius 2 is 2.10 bits per heavy atom. The summed E-state index contributed by atoms with van der Waals surface area (Å²) in [5, 5.41) is 3.37. The van der Waals surface area contributed by atoms with Gasteiger partial charge in [0.05, 0.1) is 0 Å². The third-order valence-corrected chi connectivity index (χ3v) is 3.84. The summed E-state index contributed by atoms with van der Waals surface area (Å²) < 4.78 is 1.02. The molecule has 2 aromatic rings. The van der Waals surface area contributed by atoms with Gasteiger partial charge in [-0.05, 0) is 47.0 Å². The highest BCUT2D eigenvalue weighted by molar-refractivity contribution is 9.10. The van der Waals surface area contributed by atoms with Gasteiger partial charge in [-0.1, -0.05) is 0 Å². The number of nitrogens with one attached hydrogen (secondary N) is 1. The quantitative estimate of drug-likeness (QED) is 0.935. The van der Waals surface area contributed by atoms with Crippen LogP contribution < -0.4 is 10.2 Å². The van der Waals surface area contributed by atoms with Crippen LogP contribution in [-0.2, 0) is 0 Å². The standard InChI is InChI=1S/C14H16BrN5/c1-10-7-11(15)8-18-13(10)20-6-3-12(9-20)19-14-16-4-2-5-17-14/h2,4-5,7-8,12H,3,6,9H2,1H3,(H,16,17,19). The summed E-state index contributed by atoms with van der Waals surface area (Å²) in [6, 6.07) is 4.28. The average molecular weight is 334 g/mol. The molecule has 1 N–H and O–H groups in total. The largest absolute Gasteiger partial charge is 0.354 e. The lowest BCUT2D eigenvalue weighted by Crippen LogP contribution is -2.27. The van der Waals surface area contributed by atoms with Crippen LogP contribution in [0.5, 0.6) is 0 Å². The number of anilines is 2. The van der Waals surface area contributed by atoms with Gasteiger partial charge in [-0.3, -0.25) is 0 Å². The van der Waals surface area contributed by atoms with Gasteiger partial charge in [0.2, 0.25) is 5.95 Å². The molecule has 1 unspecified atom stereocenters. The molecule has 0 spiro atoms. The number of nitrogens with zero attached hydrogens (tertiary/aromatic N) is 4. The second-order valence-corrected chi connectivity index (χ2v) is 5.86. The zero-order valence-corrected chi connectivity index (χ0v) is 12.8. The molecule has 3 heterocycles. The van der Waals surface area contributed by atoms with Gasteiger partial charge in [-0.15, -0.1) is 0 Å². The Balaban J connectivity index is 1.67. The molecule has 6 heteroatoms. The smallest absolute Gasteiger partial charge is 0.222 e. The third kappa shape index (κ3) is 2.90. The Hall–Kier alpha value is -1.69. The maximum atomic E-state index is 4.52. The molecule has 1 fully saturated rings. The Bertz CT molecular complexity index is 589. The first-order chi connectivity index (χ1) is 9.72. The predicted molar refractivity (Wildman–Crippen MR) is 82.9 cm³/mol. The van der Waals surface area contributed by atoms with Crippen LogP contribution in [0.2, 0.25) is 0 Å². The Morgan fingerprint density at radius 3 is 2.85 bits per heavy atom. The van der Waals surface area contributed by atoms with E-state index in [0.717, 1.165) is 29.8 Å². The molecule has 0 amide bonds. The molecule has 1 saturated heterocycles. The number of aryl methyl sites for hydroxylation is 1. The van der Waals surface area contributed by atoms with Crippen LogP contribution in [0.1, 0.15) is 12.0 Å². The Kier molecular flexibility index (Phi) is 3.82. The molecule has 3 rings (SSSR count). The van der Waals surface area contributed by atoms with Gasteiger partial charge in [0.15, 0.2) is 0 Å². The van der Waals surface area contributed by atoms with Gasteiger partial charge in [-0.25, -0.2) is 15.0 Å². The molecule has 1 atom stereocenters. The van der Waals surface area contributed by atoms with Crippen LogP contribution in [0.3, 0.4) is 0 Å². The van der Waals surface area contributed by atoms with E-state index in [-0.39, 0.29) is 0 Å². The summed E-state index contributed by atoms with van der Waals surface area (Å²) >= 11 is 3.45. The first kappa shape index (κ1) is 13.3. The van der Waals surface area contributed by atoms with E-state index in [0.29, 0.717) is 12.0 Å². The molecule has 0 aromatic carbocycles. The van der Waals surface area contributed by atoms with Crippen LogP contribution in [0.25, 0.3) is 0 Å². The summed E-state index contributed by atoms with van der Waals surface area (Å²) in [6.07, 6.45) is 6.42. The van der Waals surface area contributed by atoms with Crippen molar-refractivity contribution >= 4 is 27.7 Å². The summed E-state index contributed by atoms with van der Waals surface area (Å²) in [5.41, 5.74) is 1.19. The van der Waals surface area contributed by atoms with E-state index in [1.54, 1.807) is 12.4 Å². The van der Waals surface area contributed by atoms with Crippen molar-refractivity contribution in [3.8, 4) is 0 Å². The fourth-order valence-electron chi connectivity index (χ4n) is 2.49. The van der Waals surface area contributed by atoms with Crippen LogP contribution in [0, 0.1) is 6.92 Å². The normalized spacial score (nSPS) is 18.3. The fourth-order valence-corrected chi connectivity index (χ4v) is 2.94. The number of hydrogen-bond donors (Lipinski definition) is 1. The minimum Gasteiger partial charge on any atom is -0.354 e. The number of halogens is 1.